The average Bonchev–Trinajstić information content (AvgIpc) is 3.06. The Bertz CT molecular complexity index is 1060. The van der Waals surface area contributed by atoms with Gasteiger partial charge in [-0.15, -0.1) is 11.3 Å². The molecule has 0 amide bonds. The van der Waals surface area contributed by atoms with E-state index in [9.17, 15) is 4.79 Å². The van der Waals surface area contributed by atoms with E-state index in [1.54, 1.807) is 23.7 Å². The van der Waals surface area contributed by atoms with Crippen LogP contribution in [-0.2, 0) is 13.1 Å². The highest BCUT2D eigenvalue weighted by Gasteiger charge is 2.17. The molecule has 116 valence electrons. The van der Waals surface area contributed by atoms with Crippen molar-refractivity contribution in [2.24, 2.45) is 0 Å². The minimum absolute atomic E-state index is 0.0470. The van der Waals surface area contributed by atoms with Gasteiger partial charge in [0.05, 0.1) is 23.0 Å². The van der Waals surface area contributed by atoms with Crippen LogP contribution < -0.4 is 5.56 Å². The molecule has 4 aromatic heterocycles. The van der Waals surface area contributed by atoms with Gasteiger partial charge in [0.15, 0.2) is 0 Å². The van der Waals surface area contributed by atoms with Crippen molar-refractivity contribution in [1.29, 1.82) is 0 Å². The number of aromatic nitrogens is 4. The van der Waals surface area contributed by atoms with E-state index in [0.29, 0.717) is 6.54 Å². The Morgan fingerprint density at radius 1 is 1.30 bits per heavy atom. The van der Waals surface area contributed by atoms with E-state index in [4.69, 9.17) is 0 Å². The Morgan fingerprint density at radius 2 is 2.17 bits per heavy atom. The predicted octanol–water partition coefficient (Wildman–Crippen LogP) is 3.18. The fourth-order valence-electron chi connectivity index (χ4n) is 3.03. The first kappa shape index (κ1) is 14.1. The third kappa shape index (κ3) is 2.17. The Hall–Kier alpha value is -2.47. The fourth-order valence-corrected chi connectivity index (χ4v) is 4.05. The highest BCUT2D eigenvalue weighted by atomic mass is 32.1. The smallest absolute Gasteiger partial charge is 0.291 e. The molecule has 0 aliphatic carbocycles. The minimum Gasteiger partial charge on any atom is -0.335 e. The number of pyridine rings is 1. The van der Waals surface area contributed by atoms with Gasteiger partial charge in [-0.2, -0.15) is 5.10 Å². The van der Waals surface area contributed by atoms with Crippen LogP contribution in [-0.4, -0.2) is 19.3 Å². The third-order valence-electron chi connectivity index (χ3n) is 4.03. The van der Waals surface area contributed by atoms with E-state index in [-0.39, 0.29) is 5.56 Å². The van der Waals surface area contributed by atoms with Gasteiger partial charge < -0.3 is 4.57 Å². The summed E-state index contributed by atoms with van der Waals surface area (Å²) in [5, 5.41) is 5.33. The topological polar surface area (TPSA) is 52.7 Å². The normalized spacial score (nSPS) is 11.6. The second-order valence-electron chi connectivity index (χ2n) is 5.55. The Labute approximate surface area is 136 Å². The zero-order valence-electron chi connectivity index (χ0n) is 13.0. The molecule has 0 radical (unpaired) electrons. The van der Waals surface area contributed by atoms with Gasteiger partial charge in [-0.25, -0.2) is 4.68 Å². The van der Waals surface area contributed by atoms with Gasteiger partial charge in [-0.05, 0) is 31.5 Å². The van der Waals surface area contributed by atoms with Crippen LogP contribution in [0.15, 0.2) is 41.6 Å². The summed E-state index contributed by atoms with van der Waals surface area (Å²) < 4.78 is 4.76. The van der Waals surface area contributed by atoms with Gasteiger partial charge in [-0.1, -0.05) is 6.07 Å². The van der Waals surface area contributed by atoms with Gasteiger partial charge in [0.2, 0.25) is 0 Å². The molecule has 5 nitrogen and oxygen atoms in total. The number of fused-ring (bicyclic) bond motifs is 3. The summed E-state index contributed by atoms with van der Waals surface area (Å²) in [6, 6.07) is 5.97. The zero-order valence-corrected chi connectivity index (χ0v) is 13.8. The number of rotatable bonds is 3. The molecule has 0 aliphatic rings. The van der Waals surface area contributed by atoms with Crippen LogP contribution in [0.25, 0.3) is 21.1 Å². The summed E-state index contributed by atoms with van der Waals surface area (Å²) in [4.78, 5) is 18.3. The quantitative estimate of drug-likeness (QED) is 0.581. The summed E-state index contributed by atoms with van der Waals surface area (Å²) >= 11 is 1.72. The van der Waals surface area contributed by atoms with Crippen LogP contribution in [0.5, 0.6) is 0 Å². The van der Waals surface area contributed by atoms with Crippen molar-refractivity contribution in [2.75, 3.05) is 0 Å². The lowest BCUT2D eigenvalue weighted by molar-refractivity contribution is 0.640. The largest absolute Gasteiger partial charge is 0.335 e. The highest BCUT2D eigenvalue weighted by Crippen LogP contribution is 2.33. The van der Waals surface area contributed by atoms with Crippen molar-refractivity contribution in [3.8, 4) is 0 Å². The SMILES string of the molecule is CCn1c2cc(C)sc2c2cnn(Cc3cccnc3)c(=O)c21. The van der Waals surface area contributed by atoms with Crippen LogP contribution in [0.1, 0.15) is 17.4 Å². The molecule has 4 aromatic rings. The summed E-state index contributed by atoms with van der Waals surface area (Å²) in [5.74, 6) is 0. The molecule has 6 heteroatoms. The maximum Gasteiger partial charge on any atom is 0.291 e. The number of nitrogens with zero attached hydrogens (tertiary/aromatic N) is 4. The molecule has 0 saturated heterocycles. The van der Waals surface area contributed by atoms with Gasteiger partial charge >= 0.3 is 0 Å². The molecule has 4 heterocycles. The van der Waals surface area contributed by atoms with Crippen LogP contribution in [0.3, 0.4) is 0 Å². The molecular formula is C17H16N4OS. The van der Waals surface area contributed by atoms with E-state index < -0.39 is 0 Å². The van der Waals surface area contributed by atoms with Crippen LogP contribution in [0.4, 0.5) is 0 Å². The van der Waals surface area contributed by atoms with Crippen molar-refractivity contribution in [3.05, 3.63) is 57.6 Å². The molecule has 0 aliphatic heterocycles. The Balaban J connectivity index is 1.96. The summed E-state index contributed by atoms with van der Waals surface area (Å²) in [6.07, 6.45) is 5.30. The van der Waals surface area contributed by atoms with E-state index in [2.05, 4.69) is 34.6 Å². The van der Waals surface area contributed by atoms with Crippen molar-refractivity contribution < 1.29 is 0 Å². The monoisotopic (exact) mass is 324 g/mol. The van der Waals surface area contributed by atoms with Crippen molar-refractivity contribution >= 4 is 32.5 Å². The minimum atomic E-state index is -0.0470. The standard InChI is InChI=1S/C17H16N4OS/c1-3-20-14-7-11(2)23-16(14)13-9-19-21(17(22)15(13)20)10-12-5-4-6-18-8-12/h4-9H,3,10H2,1-2H3. The van der Waals surface area contributed by atoms with E-state index in [0.717, 1.165) is 33.2 Å². The summed E-state index contributed by atoms with van der Waals surface area (Å²) in [5.41, 5.74) is 2.79. The molecule has 0 unspecified atom stereocenters. The first-order chi connectivity index (χ1) is 11.2. The molecule has 0 atom stereocenters. The maximum absolute atomic E-state index is 12.9. The first-order valence-electron chi connectivity index (χ1n) is 7.56. The van der Waals surface area contributed by atoms with Gasteiger partial charge in [0, 0.05) is 29.2 Å². The second kappa shape index (κ2) is 5.31. The van der Waals surface area contributed by atoms with E-state index in [1.807, 2.05) is 18.3 Å². The lowest BCUT2D eigenvalue weighted by atomic mass is 10.3. The van der Waals surface area contributed by atoms with Crippen molar-refractivity contribution in [3.63, 3.8) is 0 Å². The summed E-state index contributed by atoms with van der Waals surface area (Å²) in [6.45, 7) is 5.36. The van der Waals surface area contributed by atoms with Crippen LogP contribution in [0, 0.1) is 6.92 Å². The first-order valence-corrected chi connectivity index (χ1v) is 8.38. The van der Waals surface area contributed by atoms with Crippen LogP contribution in [0.2, 0.25) is 0 Å². The number of thiophene rings is 1. The number of hydrogen-bond acceptors (Lipinski definition) is 4. The van der Waals surface area contributed by atoms with Crippen molar-refractivity contribution in [2.45, 2.75) is 26.9 Å². The van der Waals surface area contributed by atoms with Crippen LogP contribution >= 0.6 is 11.3 Å². The van der Waals surface area contributed by atoms with Crippen molar-refractivity contribution in [1.82, 2.24) is 19.3 Å². The van der Waals surface area contributed by atoms with Gasteiger partial charge in [0.1, 0.15) is 5.52 Å². The molecule has 0 N–H and O–H groups in total. The van der Waals surface area contributed by atoms with E-state index >= 15 is 0 Å². The molecule has 23 heavy (non-hydrogen) atoms. The van der Waals surface area contributed by atoms with E-state index in [1.165, 1.54) is 9.56 Å². The van der Waals surface area contributed by atoms with Gasteiger partial charge in [0.25, 0.3) is 5.56 Å². The fraction of sp³-hybridized carbons (Fsp3) is 0.235. The lowest BCUT2D eigenvalue weighted by Gasteiger charge is -2.06. The average molecular weight is 324 g/mol. The Kier molecular flexibility index (Phi) is 3.27. The zero-order chi connectivity index (χ0) is 16.0. The number of hydrogen-bond donors (Lipinski definition) is 0. The molecule has 0 fully saturated rings. The highest BCUT2D eigenvalue weighted by molar-refractivity contribution is 7.20. The van der Waals surface area contributed by atoms with Gasteiger partial charge in [-0.3, -0.25) is 9.78 Å². The third-order valence-corrected chi connectivity index (χ3v) is 5.10. The summed E-state index contributed by atoms with van der Waals surface area (Å²) in [7, 11) is 0. The Morgan fingerprint density at radius 3 is 2.91 bits per heavy atom. The molecule has 0 spiro atoms. The molecule has 0 bridgehead atoms. The molecular weight excluding hydrogens is 308 g/mol. The number of aryl methyl sites for hydroxylation is 2. The lowest BCUT2D eigenvalue weighted by Crippen LogP contribution is -2.24. The molecule has 4 rings (SSSR count). The molecule has 0 saturated carbocycles. The molecule has 0 aromatic carbocycles. The predicted molar refractivity (Wildman–Crippen MR) is 93.1 cm³/mol. The maximum atomic E-state index is 12.9. The second-order valence-corrected chi connectivity index (χ2v) is 6.80.